The second-order valence-corrected chi connectivity index (χ2v) is 38.9. The fourth-order valence-corrected chi connectivity index (χ4v) is 30.9. The third kappa shape index (κ3) is 5.84. The Morgan fingerprint density at radius 3 is 0.783 bits per heavy atom. The van der Waals surface area contributed by atoms with Gasteiger partial charge in [-0.25, -0.2) is 0 Å². The van der Waals surface area contributed by atoms with Gasteiger partial charge in [-0.15, -0.1) is 0 Å². The molecule has 0 amide bonds. The zero-order valence-electron chi connectivity index (χ0n) is 30.4. The van der Waals surface area contributed by atoms with Gasteiger partial charge in [0.2, 0.25) is 0 Å². The first-order valence-corrected chi connectivity index (χ1v) is 27.0. The van der Waals surface area contributed by atoms with E-state index in [0.29, 0.717) is 28.5 Å². The van der Waals surface area contributed by atoms with Gasteiger partial charge in [0.05, 0.1) is 0 Å². The molecule has 2 heteroatoms. The van der Waals surface area contributed by atoms with Crippen LogP contribution in [0.1, 0.15) is 94.2 Å². The van der Waals surface area contributed by atoms with Gasteiger partial charge in [-0.1, -0.05) is 0 Å². The molecule has 0 saturated carbocycles. The van der Waals surface area contributed by atoms with E-state index in [1.54, 1.807) is 0 Å². The van der Waals surface area contributed by atoms with E-state index in [1.165, 1.54) is 54.2 Å². The van der Waals surface area contributed by atoms with Crippen molar-refractivity contribution >= 4 is 69.6 Å². The summed E-state index contributed by atoms with van der Waals surface area (Å²) < 4.78 is 12.1. The van der Waals surface area contributed by atoms with Crippen molar-refractivity contribution in [2.24, 2.45) is 0 Å². The molecule has 0 saturated heterocycles. The molecule has 0 aliphatic carbocycles. The minimum atomic E-state index is -2.62. The minimum absolute atomic E-state index is 0.625. The van der Waals surface area contributed by atoms with Gasteiger partial charge in [-0.2, -0.15) is 0 Å². The number of rotatable bonds is 6. The van der Waals surface area contributed by atoms with Gasteiger partial charge in [-0.05, 0) is 0 Å². The van der Waals surface area contributed by atoms with Crippen molar-refractivity contribution in [1.29, 1.82) is 0 Å². The SMILES string of the molecule is C[CH](C)[Ge]([C]#Cc1c2cc3ccccc3cc2c(C#[C][Ge]([CH](C)C)([CH](C)C)[CH](C)C)c2cc3ccccc3cc12)([CH](C)C)[CH](C)C. The predicted molar refractivity (Wildman–Crippen MR) is 212 cm³/mol. The second kappa shape index (κ2) is 13.5. The number of benzene rings is 5. The van der Waals surface area contributed by atoms with E-state index in [4.69, 9.17) is 0 Å². The summed E-state index contributed by atoms with van der Waals surface area (Å²) in [5, 5.41) is 10.1. The average molecular weight is 728 g/mol. The number of hydrogen-bond donors (Lipinski definition) is 0. The molecule has 5 rings (SSSR count). The summed E-state index contributed by atoms with van der Waals surface area (Å²) in [6.07, 6.45) is 0. The zero-order valence-corrected chi connectivity index (χ0v) is 34.6. The Kier molecular flexibility index (Phi) is 10.1. The molecule has 5 aromatic carbocycles. The van der Waals surface area contributed by atoms with Crippen LogP contribution in [-0.4, -0.2) is 26.5 Å². The van der Waals surface area contributed by atoms with E-state index >= 15 is 0 Å². The van der Waals surface area contributed by atoms with Crippen molar-refractivity contribution in [3.8, 4) is 21.3 Å². The quantitative estimate of drug-likeness (QED) is 0.0928. The Labute approximate surface area is 284 Å². The molecule has 0 fully saturated rings. The first-order valence-electron chi connectivity index (χ1n) is 17.6. The molecule has 0 heterocycles. The normalized spacial score (nSPS) is 12.7. The molecule has 5 aromatic rings. The van der Waals surface area contributed by atoms with Gasteiger partial charge in [-0.3, -0.25) is 0 Å². The zero-order chi connectivity index (χ0) is 33.6. The molecule has 0 aliphatic rings. The van der Waals surface area contributed by atoms with Crippen LogP contribution in [0.2, 0.25) is 28.5 Å². The van der Waals surface area contributed by atoms with Crippen LogP contribution in [0, 0.1) is 21.3 Å². The first kappa shape index (κ1) is 34.7. The molecule has 0 atom stereocenters. The van der Waals surface area contributed by atoms with Gasteiger partial charge in [0.15, 0.2) is 0 Å². The van der Waals surface area contributed by atoms with Gasteiger partial charge in [0.1, 0.15) is 0 Å². The Morgan fingerprint density at radius 2 is 0.587 bits per heavy atom. The molecule has 0 nitrogen and oxygen atoms in total. The number of hydrogen-bond acceptors (Lipinski definition) is 0. The van der Waals surface area contributed by atoms with E-state index in [0.717, 1.165) is 0 Å². The van der Waals surface area contributed by atoms with Crippen LogP contribution >= 0.6 is 0 Å². The van der Waals surface area contributed by atoms with Crippen LogP contribution in [0.25, 0.3) is 43.1 Å². The first-order chi connectivity index (χ1) is 21.7. The van der Waals surface area contributed by atoms with Gasteiger partial charge in [0, 0.05) is 0 Å². The van der Waals surface area contributed by atoms with Crippen LogP contribution in [0.3, 0.4) is 0 Å². The summed E-state index contributed by atoms with van der Waals surface area (Å²) in [4.78, 5) is 0. The van der Waals surface area contributed by atoms with Crippen molar-refractivity contribution < 1.29 is 0 Å². The third-order valence-corrected chi connectivity index (χ3v) is 37.8. The molecule has 0 aliphatic heterocycles. The Bertz CT molecular complexity index is 1750. The van der Waals surface area contributed by atoms with E-state index in [-0.39, 0.29) is 0 Å². The summed E-state index contributed by atoms with van der Waals surface area (Å²) in [5.41, 5.74) is 2.38. The fourth-order valence-electron chi connectivity index (χ4n) is 9.07. The maximum atomic E-state index is 4.16. The van der Waals surface area contributed by atoms with Crippen LogP contribution in [-0.2, 0) is 0 Å². The van der Waals surface area contributed by atoms with Crippen molar-refractivity contribution in [2.45, 2.75) is 112 Å². The molecule has 0 radical (unpaired) electrons. The van der Waals surface area contributed by atoms with Crippen molar-refractivity contribution in [2.75, 3.05) is 0 Å². The molecule has 238 valence electrons. The van der Waals surface area contributed by atoms with Gasteiger partial charge in [0.25, 0.3) is 0 Å². The van der Waals surface area contributed by atoms with Gasteiger partial charge < -0.3 is 0 Å². The van der Waals surface area contributed by atoms with E-state index in [2.05, 4.69) is 177 Å². The fraction of sp³-hybridized carbons (Fsp3) is 0.409. The van der Waals surface area contributed by atoms with Crippen LogP contribution in [0.5, 0.6) is 0 Å². The molecule has 0 N–H and O–H groups in total. The Hall–Kier alpha value is -2.65. The molecular weight excluding hydrogens is 674 g/mol. The van der Waals surface area contributed by atoms with Crippen LogP contribution in [0.15, 0.2) is 72.8 Å². The van der Waals surface area contributed by atoms with Crippen LogP contribution < -0.4 is 0 Å². The Balaban J connectivity index is 2.02. The van der Waals surface area contributed by atoms with E-state index in [9.17, 15) is 0 Å². The van der Waals surface area contributed by atoms with E-state index in [1.807, 2.05) is 0 Å². The monoisotopic (exact) mass is 730 g/mol. The topological polar surface area (TPSA) is 0 Å². The molecular formula is C44H54Ge2. The predicted octanol–water partition coefficient (Wildman–Crippen LogP) is 13.4. The average Bonchev–Trinajstić information content (AvgIpc) is 2.99. The number of fused-ring (bicyclic) bond motifs is 4. The molecule has 46 heavy (non-hydrogen) atoms. The van der Waals surface area contributed by atoms with Crippen LogP contribution in [0.4, 0.5) is 0 Å². The van der Waals surface area contributed by atoms with Crippen molar-refractivity contribution in [3.05, 3.63) is 83.9 Å². The molecule has 0 aromatic heterocycles. The summed E-state index contributed by atoms with van der Waals surface area (Å²) in [6.45, 7) is 29.2. The summed E-state index contributed by atoms with van der Waals surface area (Å²) in [5.74, 6) is 7.99. The summed E-state index contributed by atoms with van der Waals surface area (Å²) >= 11 is -5.24. The third-order valence-electron chi connectivity index (χ3n) is 11.4. The Morgan fingerprint density at radius 1 is 0.370 bits per heavy atom. The summed E-state index contributed by atoms with van der Waals surface area (Å²) in [7, 11) is 0. The second-order valence-electron chi connectivity index (χ2n) is 15.5. The summed E-state index contributed by atoms with van der Waals surface area (Å²) in [6, 6.07) is 27.2. The molecule has 0 unspecified atom stereocenters. The molecule has 0 spiro atoms. The van der Waals surface area contributed by atoms with Gasteiger partial charge >= 0.3 is 286 Å². The van der Waals surface area contributed by atoms with Crippen molar-refractivity contribution in [3.63, 3.8) is 0 Å². The van der Waals surface area contributed by atoms with E-state index < -0.39 is 26.5 Å². The standard InChI is InChI=1S/C44H54Ge2/c1-29(2)45(30(3)4,31(5)6)23-21-39-41-25-35-17-13-15-19-37(35)27-43(41)40(22-24-46(32(7)8,33(9)10)34(11)12)44-28-38-20-16-14-18-36(38)26-42(39)44/h13-20,25-34H,1-12H3. The maximum absolute atomic E-state index is 4.16. The molecule has 0 bridgehead atoms. The van der Waals surface area contributed by atoms with Crippen molar-refractivity contribution in [1.82, 2.24) is 0 Å².